The van der Waals surface area contributed by atoms with E-state index in [-0.39, 0.29) is 28.4 Å². The molecule has 2 aromatic rings. The summed E-state index contributed by atoms with van der Waals surface area (Å²) in [6.07, 6.45) is 0.846. The standard InChI is InChI=1S/C19H21ClFN5O2/c1-24-7-6-12(16(24)11-4-5-14(20)15(21)8-11)10-23-17-13(9-22)18(27)26(3)19(28)25(17)2/h4-5,8,12,16,23H,6-7,10H2,1-3H3. The molecule has 0 saturated carbocycles. The molecule has 0 radical (unpaired) electrons. The minimum atomic E-state index is -0.632. The molecule has 1 N–H and O–H groups in total. The quantitative estimate of drug-likeness (QED) is 0.839. The van der Waals surface area contributed by atoms with Crippen molar-refractivity contribution in [3.05, 3.63) is 61.0 Å². The maximum Gasteiger partial charge on any atom is 0.332 e. The summed E-state index contributed by atoms with van der Waals surface area (Å²) in [5.74, 6) is -0.172. The first-order chi connectivity index (χ1) is 13.3. The van der Waals surface area contributed by atoms with E-state index in [1.807, 2.05) is 13.1 Å². The lowest BCUT2D eigenvalue weighted by Crippen LogP contribution is -2.40. The lowest BCUT2D eigenvalue weighted by Gasteiger charge is -2.26. The maximum atomic E-state index is 13.9. The Morgan fingerprint density at radius 2 is 2.00 bits per heavy atom. The summed E-state index contributed by atoms with van der Waals surface area (Å²) in [6, 6.07) is 6.62. The monoisotopic (exact) mass is 405 g/mol. The van der Waals surface area contributed by atoms with E-state index in [0.717, 1.165) is 23.1 Å². The molecular weight excluding hydrogens is 385 g/mol. The molecule has 1 saturated heterocycles. The summed E-state index contributed by atoms with van der Waals surface area (Å²) in [5, 5.41) is 12.6. The molecule has 2 heterocycles. The summed E-state index contributed by atoms with van der Waals surface area (Å²) in [4.78, 5) is 26.5. The van der Waals surface area contributed by atoms with Crippen molar-refractivity contribution in [2.24, 2.45) is 20.0 Å². The number of anilines is 1. The first kappa shape index (κ1) is 20.1. The van der Waals surface area contributed by atoms with E-state index in [1.54, 1.807) is 12.1 Å². The largest absolute Gasteiger partial charge is 0.370 e. The normalized spacial score (nSPS) is 19.6. The van der Waals surface area contributed by atoms with Gasteiger partial charge >= 0.3 is 5.69 Å². The number of nitrogens with one attached hydrogen (secondary N) is 1. The Balaban J connectivity index is 1.90. The molecule has 0 aliphatic carbocycles. The van der Waals surface area contributed by atoms with Gasteiger partial charge in [0.15, 0.2) is 5.56 Å². The van der Waals surface area contributed by atoms with Gasteiger partial charge in [-0.2, -0.15) is 5.26 Å². The van der Waals surface area contributed by atoms with E-state index in [2.05, 4.69) is 10.2 Å². The lowest BCUT2D eigenvalue weighted by molar-refractivity contribution is 0.281. The van der Waals surface area contributed by atoms with Crippen molar-refractivity contribution in [2.45, 2.75) is 12.5 Å². The van der Waals surface area contributed by atoms with Crippen LogP contribution in [0.4, 0.5) is 10.2 Å². The molecule has 1 aromatic carbocycles. The van der Waals surface area contributed by atoms with Gasteiger partial charge < -0.3 is 5.32 Å². The van der Waals surface area contributed by atoms with Gasteiger partial charge in [0.05, 0.1) is 5.02 Å². The van der Waals surface area contributed by atoms with Crippen LogP contribution in [0, 0.1) is 23.1 Å². The van der Waals surface area contributed by atoms with E-state index in [0.29, 0.717) is 6.54 Å². The molecule has 148 valence electrons. The van der Waals surface area contributed by atoms with E-state index >= 15 is 0 Å². The zero-order valence-electron chi connectivity index (χ0n) is 15.9. The third-order valence-electron chi connectivity index (χ3n) is 5.37. The summed E-state index contributed by atoms with van der Waals surface area (Å²) in [6.45, 7) is 1.25. The van der Waals surface area contributed by atoms with Crippen molar-refractivity contribution < 1.29 is 4.39 Å². The second-order valence-corrected chi connectivity index (χ2v) is 7.48. The van der Waals surface area contributed by atoms with Crippen LogP contribution in [0.3, 0.4) is 0 Å². The maximum absolute atomic E-state index is 13.9. The van der Waals surface area contributed by atoms with Crippen molar-refractivity contribution in [3.63, 3.8) is 0 Å². The van der Waals surface area contributed by atoms with E-state index < -0.39 is 17.1 Å². The summed E-state index contributed by atoms with van der Waals surface area (Å²) < 4.78 is 16.1. The molecule has 3 rings (SSSR count). The van der Waals surface area contributed by atoms with Crippen molar-refractivity contribution in [1.82, 2.24) is 14.0 Å². The fraction of sp³-hybridized carbons (Fsp3) is 0.421. The fourth-order valence-corrected chi connectivity index (χ4v) is 3.96. The van der Waals surface area contributed by atoms with E-state index in [9.17, 15) is 19.2 Å². The smallest absolute Gasteiger partial charge is 0.332 e. The first-order valence-corrected chi connectivity index (χ1v) is 9.23. The number of hydrogen-bond donors (Lipinski definition) is 1. The summed E-state index contributed by atoms with van der Waals surface area (Å²) in [5.41, 5.74) is -0.434. The Morgan fingerprint density at radius 3 is 2.64 bits per heavy atom. The fourth-order valence-electron chi connectivity index (χ4n) is 3.84. The van der Waals surface area contributed by atoms with Gasteiger partial charge in [-0.1, -0.05) is 17.7 Å². The van der Waals surface area contributed by atoms with Gasteiger partial charge in [0.25, 0.3) is 5.56 Å². The predicted octanol–water partition coefficient (Wildman–Crippen LogP) is 1.85. The molecule has 1 aliphatic rings. The van der Waals surface area contributed by atoms with Crippen LogP contribution in [0.2, 0.25) is 5.02 Å². The highest BCUT2D eigenvalue weighted by Crippen LogP contribution is 2.37. The van der Waals surface area contributed by atoms with Gasteiger partial charge in [0, 0.05) is 26.7 Å². The molecule has 0 amide bonds. The van der Waals surface area contributed by atoms with Crippen LogP contribution in [0.5, 0.6) is 0 Å². The van der Waals surface area contributed by atoms with E-state index in [1.165, 1.54) is 24.7 Å². The number of halogens is 2. The molecule has 9 heteroatoms. The number of aromatic nitrogens is 2. The molecule has 1 aromatic heterocycles. The summed E-state index contributed by atoms with van der Waals surface area (Å²) in [7, 11) is 4.82. The average molecular weight is 406 g/mol. The Bertz CT molecular complexity index is 1070. The highest BCUT2D eigenvalue weighted by Gasteiger charge is 2.33. The topological polar surface area (TPSA) is 83.1 Å². The minimum Gasteiger partial charge on any atom is -0.370 e. The third kappa shape index (κ3) is 3.43. The van der Waals surface area contributed by atoms with E-state index in [4.69, 9.17) is 11.6 Å². The average Bonchev–Trinajstić information content (AvgIpc) is 3.04. The molecule has 2 unspecified atom stereocenters. The molecule has 2 atom stereocenters. The number of rotatable bonds is 4. The molecule has 28 heavy (non-hydrogen) atoms. The zero-order chi connectivity index (χ0) is 20.6. The predicted molar refractivity (Wildman–Crippen MR) is 105 cm³/mol. The van der Waals surface area contributed by atoms with Crippen LogP contribution in [-0.2, 0) is 14.1 Å². The molecule has 1 aliphatic heterocycles. The van der Waals surface area contributed by atoms with Gasteiger partial charge in [0.2, 0.25) is 0 Å². The second-order valence-electron chi connectivity index (χ2n) is 7.07. The molecule has 7 nitrogen and oxygen atoms in total. The van der Waals surface area contributed by atoms with Gasteiger partial charge in [-0.3, -0.25) is 18.8 Å². The second kappa shape index (κ2) is 7.78. The number of nitriles is 1. The molecule has 0 spiro atoms. The van der Waals surface area contributed by atoms with Gasteiger partial charge in [-0.05, 0) is 43.6 Å². The summed E-state index contributed by atoms with van der Waals surface area (Å²) >= 11 is 5.80. The molecule has 1 fully saturated rings. The SMILES string of the molecule is CN1CCC(CNc2c(C#N)c(=O)n(C)c(=O)n2C)C1c1ccc(Cl)c(F)c1. The number of likely N-dealkylation sites (tertiary alicyclic amines) is 1. The number of hydrogen-bond acceptors (Lipinski definition) is 5. The van der Waals surface area contributed by atoms with Gasteiger partial charge in [0.1, 0.15) is 17.7 Å². The van der Waals surface area contributed by atoms with Crippen molar-refractivity contribution >= 4 is 17.4 Å². The van der Waals surface area contributed by atoms with Crippen LogP contribution in [0.25, 0.3) is 0 Å². The van der Waals surface area contributed by atoms with Crippen molar-refractivity contribution in [1.29, 1.82) is 5.26 Å². The van der Waals surface area contributed by atoms with Crippen LogP contribution >= 0.6 is 11.6 Å². The van der Waals surface area contributed by atoms with Crippen LogP contribution in [0.1, 0.15) is 23.6 Å². The Labute approximate surface area is 166 Å². The number of nitrogens with zero attached hydrogens (tertiary/aromatic N) is 4. The number of benzene rings is 1. The van der Waals surface area contributed by atoms with Crippen molar-refractivity contribution in [2.75, 3.05) is 25.5 Å². The molecule has 0 bridgehead atoms. The lowest BCUT2D eigenvalue weighted by atomic mass is 9.93. The zero-order valence-corrected chi connectivity index (χ0v) is 16.6. The molecular formula is C19H21ClFN5O2. The minimum absolute atomic E-state index is 0.0478. The van der Waals surface area contributed by atoms with Gasteiger partial charge in [-0.25, -0.2) is 9.18 Å². The van der Waals surface area contributed by atoms with Crippen LogP contribution in [-0.4, -0.2) is 34.2 Å². The van der Waals surface area contributed by atoms with Crippen LogP contribution < -0.4 is 16.6 Å². The van der Waals surface area contributed by atoms with Gasteiger partial charge in [-0.15, -0.1) is 0 Å². The highest BCUT2D eigenvalue weighted by atomic mass is 35.5. The highest BCUT2D eigenvalue weighted by molar-refractivity contribution is 6.30. The Hall–Kier alpha value is -2.63. The Kier molecular flexibility index (Phi) is 5.59. The van der Waals surface area contributed by atoms with Crippen LogP contribution in [0.15, 0.2) is 27.8 Å². The Morgan fingerprint density at radius 1 is 1.29 bits per heavy atom. The third-order valence-corrected chi connectivity index (χ3v) is 5.67. The first-order valence-electron chi connectivity index (χ1n) is 8.85. The van der Waals surface area contributed by atoms with Crippen molar-refractivity contribution in [3.8, 4) is 6.07 Å².